The van der Waals surface area contributed by atoms with Crippen molar-refractivity contribution in [1.29, 1.82) is 0 Å². The van der Waals surface area contributed by atoms with Crippen molar-refractivity contribution in [2.45, 2.75) is 19.4 Å². The predicted molar refractivity (Wildman–Crippen MR) is 98.8 cm³/mol. The van der Waals surface area contributed by atoms with Crippen LogP contribution in [0.15, 0.2) is 60.7 Å². The molecule has 0 saturated heterocycles. The molecular formula is C20H22N2O3. The number of rotatable bonds is 6. The second kappa shape index (κ2) is 8.26. The lowest BCUT2D eigenvalue weighted by Gasteiger charge is -2.23. The van der Waals surface area contributed by atoms with Crippen LogP contribution in [-0.2, 0) is 15.2 Å². The van der Waals surface area contributed by atoms with E-state index in [4.69, 9.17) is 0 Å². The number of hydrogen-bond donors (Lipinski definition) is 3. The van der Waals surface area contributed by atoms with Crippen molar-refractivity contribution in [2.24, 2.45) is 0 Å². The quantitative estimate of drug-likeness (QED) is 0.709. The maximum atomic E-state index is 11.9. The summed E-state index contributed by atoms with van der Waals surface area (Å²) < 4.78 is 0. The highest BCUT2D eigenvalue weighted by molar-refractivity contribution is 5.92. The van der Waals surface area contributed by atoms with Gasteiger partial charge in [-0.15, -0.1) is 0 Å². The van der Waals surface area contributed by atoms with Crippen molar-refractivity contribution in [2.75, 3.05) is 11.9 Å². The topological polar surface area (TPSA) is 78.4 Å². The normalized spacial score (nSPS) is 13.2. The Labute approximate surface area is 147 Å². The van der Waals surface area contributed by atoms with Crippen molar-refractivity contribution >= 4 is 23.6 Å². The van der Waals surface area contributed by atoms with Crippen molar-refractivity contribution in [3.63, 3.8) is 0 Å². The molecule has 25 heavy (non-hydrogen) atoms. The number of benzene rings is 2. The summed E-state index contributed by atoms with van der Waals surface area (Å²) in [5.74, 6) is -0.421. The third kappa shape index (κ3) is 5.90. The van der Waals surface area contributed by atoms with Gasteiger partial charge in [0.1, 0.15) is 5.60 Å². The molecule has 2 aromatic rings. The van der Waals surface area contributed by atoms with E-state index in [-0.39, 0.29) is 18.4 Å². The van der Waals surface area contributed by atoms with Gasteiger partial charge in [0.15, 0.2) is 0 Å². The molecule has 130 valence electrons. The number of carbonyl (C=O) groups excluding carboxylic acids is 2. The summed E-state index contributed by atoms with van der Waals surface area (Å²) >= 11 is 0. The molecule has 0 aliphatic heterocycles. The molecule has 2 amide bonds. The molecule has 0 bridgehead atoms. The first-order valence-electron chi connectivity index (χ1n) is 7.98. The first kappa shape index (κ1) is 18.4. The van der Waals surface area contributed by atoms with Gasteiger partial charge in [0.25, 0.3) is 0 Å². The van der Waals surface area contributed by atoms with Gasteiger partial charge in [-0.3, -0.25) is 9.59 Å². The van der Waals surface area contributed by atoms with Crippen LogP contribution in [0.5, 0.6) is 0 Å². The number of aliphatic hydroxyl groups is 1. The molecule has 0 saturated carbocycles. The molecule has 0 unspecified atom stereocenters. The van der Waals surface area contributed by atoms with Gasteiger partial charge in [-0.25, -0.2) is 0 Å². The zero-order valence-electron chi connectivity index (χ0n) is 14.3. The monoisotopic (exact) mass is 338 g/mol. The lowest BCUT2D eigenvalue weighted by Crippen LogP contribution is -2.37. The largest absolute Gasteiger partial charge is 0.384 e. The van der Waals surface area contributed by atoms with Crippen LogP contribution in [-0.4, -0.2) is 23.5 Å². The number of anilines is 1. The minimum absolute atomic E-state index is 0.113. The molecule has 5 heteroatoms. The lowest BCUT2D eigenvalue weighted by atomic mass is 9.96. The molecule has 0 aliphatic carbocycles. The Morgan fingerprint density at radius 1 is 1.08 bits per heavy atom. The molecule has 0 fully saturated rings. The highest BCUT2D eigenvalue weighted by Crippen LogP contribution is 2.18. The van der Waals surface area contributed by atoms with Gasteiger partial charge in [0.05, 0.1) is 6.54 Å². The average Bonchev–Trinajstić information content (AvgIpc) is 2.60. The Morgan fingerprint density at radius 3 is 2.32 bits per heavy atom. The van der Waals surface area contributed by atoms with Crippen LogP contribution in [0.4, 0.5) is 5.69 Å². The molecular weight excluding hydrogens is 316 g/mol. The minimum Gasteiger partial charge on any atom is -0.384 e. The lowest BCUT2D eigenvalue weighted by molar-refractivity contribution is -0.117. The Kier molecular flexibility index (Phi) is 6.08. The molecule has 2 aromatic carbocycles. The van der Waals surface area contributed by atoms with E-state index in [1.807, 2.05) is 30.3 Å². The van der Waals surface area contributed by atoms with Crippen molar-refractivity contribution in [3.05, 3.63) is 71.8 Å². The van der Waals surface area contributed by atoms with E-state index in [0.29, 0.717) is 5.69 Å². The van der Waals surface area contributed by atoms with Crippen LogP contribution in [0.2, 0.25) is 0 Å². The van der Waals surface area contributed by atoms with E-state index >= 15 is 0 Å². The zero-order chi connectivity index (χ0) is 18.3. The third-order valence-corrected chi connectivity index (χ3v) is 3.66. The van der Waals surface area contributed by atoms with Crippen molar-refractivity contribution < 1.29 is 14.7 Å². The Morgan fingerprint density at radius 2 is 1.72 bits per heavy atom. The summed E-state index contributed by atoms with van der Waals surface area (Å²) in [5.41, 5.74) is 1.14. The van der Waals surface area contributed by atoms with Gasteiger partial charge < -0.3 is 15.7 Å². The Hall–Kier alpha value is -2.92. The van der Waals surface area contributed by atoms with Gasteiger partial charge in [0.2, 0.25) is 11.8 Å². The van der Waals surface area contributed by atoms with Crippen LogP contribution in [0.25, 0.3) is 6.08 Å². The smallest absolute Gasteiger partial charge is 0.244 e. The predicted octanol–water partition coefficient (Wildman–Crippen LogP) is 2.68. The summed E-state index contributed by atoms with van der Waals surface area (Å²) in [4.78, 5) is 22.9. The van der Waals surface area contributed by atoms with Crippen LogP contribution in [0.3, 0.4) is 0 Å². The van der Waals surface area contributed by atoms with E-state index < -0.39 is 5.60 Å². The molecule has 0 aromatic heterocycles. The van der Waals surface area contributed by atoms with Crippen LogP contribution < -0.4 is 10.6 Å². The summed E-state index contributed by atoms with van der Waals surface area (Å²) in [6.07, 6.45) is 3.08. The fourth-order valence-corrected chi connectivity index (χ4v) is 2.27. The number of carbonyl (C=O) groups is 2. The summed E-state index contributed by atoms with van der Waals surface area (Å²) in [7, 11) is 0. The highest BCUT2D eigenvalue weighted by Gasteiger charge is 2.22. The maximum absolute atomic E-state index is 11.9. The standard InChI is InChI=1S/C20H22N2O3/c1-15(23)22-18-11-8-16(9-12-18)10-13-19(24)21-14-20(2,25)17-6-4-3-5-7-17/h3-13,25H,14H2,1-2H3,(H,21,24)(H,22,23)/b13-10+/t20-/m1/s1. The molecule has 0 aliphatic rings. The van der Waals surface area contributed by atoms with E-state index in [1.54, 1.807) is 37.3 Å². The highest BCUT2D eigenvalue weighted by atomic mass is 16.3. The number of amides is 2. The SMILES string of the molecule is CC(=O)Nc1ccc(/C=C/C(=O)NC[C@@](C)(O)c2ccccc2)cc1. The zero-order valence-corrected chi connectivity index (χ0v) is 14.3. The molecule has 2 rings (SSSR count). The van der Waals surface area contributed by atoms with Gasteiger partial charge in [-0.2, -0.15) is 0 Å². The fourth-order valence-electron chi connectivity index (χ4n) is 2.27. The average molecular weight is 338 g/mol. The first-order chi connectivity index (χ1) is 11.9. The van der Waals surface area contributed by atoms with Crippen LogP contribution in [0, 0.1) is 0 Å². The second-order valence-corrected chi connectivity index (χ2v) is 5.99. The Bertz CT molecular complexity index is 750. The molecule has 0 heterocycles. The summed E-state index contributed by atoms with van der Waals surface area (Å²) in [6, 6.07) is 16.3. The summed E-state index contributed by atoms with van der Waals surface area (Å²) in [6.45, 7) is 3.22. The minimum atomic E-state index is -1.13. The number of hydrogen-bond acceptors (Lipinski definition) is 3. The van der Waals surface area contributed by atoms with Gasteiger partial charge in [-0.05, 0) is 36.3 Å². The molecule has 3 N–H and O–H groups in total. The van der Waals surface area contributed by atoms with E-state index in [9.17, 15) is 14.7 Å². The van der Waals surface area contributed by atoms with Crippen LogP contribution in [0.1, 0.15) is 25.0 Å². The van der Waals surface area contributed by atoms with E-state index in [2.05, 4.69) is 10.6 Å². The summed E-state index contributed by atoms with van der Waals surface area (Å²) in [5, 5.41) is 15.8. The molecule has 5 nitrogen and oxygen atoms in total. The van der Waals surface area contributed by atoms with Gasteiger partial charge in [0, 0.05) is 18.7 Å². The van der Waals surface area contributed by atoms with Crippen molar-refractivity contribution in [1.82, 2.24) is 5.32 Å². The van der Waals surface area contributed by atoms with Gasteiger partial charge >= 0.3 is 0 Å². The second-order valence-electron chi connectivity index (χ2n) is 5.99. The first-order valence-corrected chi connectivity index (χ1v) is 7.98. The maximum Gasteiger partial charge on any atom is 0.244 e. The van der Waals surface area contributed by atoms with Crippen molar-refractivity contribution in [3.8, 4) is 0 Å². The van der Waals surface area contributed by atoms with Gasteiger partial charge in [-0.1, -0.05) is 42.5 Å². The molecule has 0 spiro atoms. The Balaban J connectivity index is 1.89. The number of nitrogens with one attached hydrogen (secondary N) is 2. The van der Waals surface area contributed by atoms with E-state index in [1.165, 1.54) is 13.0 Å². The molecule has 1 atom stereocenters. The molecule has 0 radical (unpaired) electrons. The third-order valence-electron chi connectivity index (χ3n) is 3.66. The van der Waals surface area contributed by atoms with E-state index in [0.717, 1.165) is 11.1 Å². The van der Waals surface area contributed by atoms with Crippen LogP contribution >= 0.6 is 0 Å². The fraction of sp³-hybridized carbons (Fsp3) is 0.200.